The van der Waals surface area contributed by atoms with Crippen molar-refractivity contribution in [2.24, 2.45) is 4.99 Å². The van der Waals surface area contributed by atoms with E-state index in [0.29, 0.717) is 21.4 Å². The zero-order chi connectivity index (χ0) is 25.8. The van der Waals surface area contributed by atoms with Crippen molar-refractivity contribution in [3.8, 4) is 0 Å². The van der Waals surface area contributed by atoms with Gasteiger partial charge in [-0.15, -0.1) is 11.3 Å². The number of nitrogens with one attached hydrogen (secondary N) is 1. The SMILES string of the molecule is CCOC(=O)c1c(NC(=O)C[C@@H]2SC(=Nc3ccccc3)N(c3ccccc3)C2=O)sc2c1CCCC2. The first-order valence-corrected chi connectivity index (χ1v) is 14.1. The van der Waals surface area contributed by atoms with Crippen molar-refractivity contribution < 1.29 is 19.1 Å². The lowest BCUT2D eigenvalue weighted by atomic mass is 9.95. The number of benzene rings is 2. The molecule has 0 unspecified atom stereocenters. The molecule has 1 N–H and O–H groups in total. The van der Waals surface area contributed by atoms with Crippen LogP contribution in [0, 0.1) is 0 Å². The fourth-order valence-corrected chi connectivity index (χ4v) is 6.97. The van der Waals surface area contributed by atoms with Gasteiger partial charge in [0.2, 0.25) is 11.8 Å². The van der Waals surface area contributed by atoms with Crippen molar-refractivity contribution in [2.45, 2.75) is 44.3 Å². The lowest BCUT2D eigenvalue weighted by molar-refractivity contribution is -0.121. The molecule has 2 amide bonds. The molecule has 2 aromatic carbocycles. The largest absolute Gasteiger partial charge is 0.462 e. The van der Waals surface area contributed by atoms with Crippen molar-refractivity contribution in [1.29, 1.82) is 0 Å². The molecule has 5 rings (SSSR count). The van der Waals surface area contributed by atoms with E-state index < -0.39 is 11.2 Å². The molecule has 1 aliphatic heterocycles. The maximum absolute atomic E-state index is 13.5. The summed E-state index contributed by atoms with van der Waals surface area (Å²) >= 11 is 2.72. The topological polar surface area (TPSA) is 88.1 Å². The van der Waals surface area contributed by atoms with Crippen LogP contribution in [0.2, 0.25) is 0 Å². The number of para-hydroxylation sites is 2. The number of carbonyl (C=O) groups is 3. The summed E-state index contributed by atoms with van der Waals surface area (Å²) in [6, 6.07) is 18.7. The zero-order valence-corrected chi connectivity index (χ0v) is 22.1. The Balaban J connectivity index is 1.38. The number of aliphatic imine (C=N–C) groups is 1. The molecule has 1 saturated heterocycles. The molecule has 1 aromatic heterocycles. The third-order valence-electron chi connectivity index (χ3n) is 6.20. The molecule has 190 valence electrons. The van der Waals surface area contributed by atoms with Crippen LogP contribution >= 0.6 is 23.1 Å². The lowest BCUT2D eigenvalue weighted by Crippen LogP contribution is -2.33. The Morgan fingerprint density at radius 2 is 1.76 bits per heavy atom. The van der Waals surface area contributed by atoms with E-state index in [4.69, 9.17) is 9.73 Å². The number of hydrogen-bond acceptors (Lipinski definition) is 7. The molecule has 3 aromatic rings. The van der Waals surface area contributed by atoms with Gasteiger partial charge in [-0.05, 0) is 62.4 Å². The summed E-state index contributed by atoms with van der Waals surface area (Å²) in [5.74, 6) is -0.919. The Hall–Kier alpha value is -3.43. The second-order valence-corrected chi connectivity index (χ2v) is 11.0. The second kappa shape index (κ2) is 11.3. The van der Waals surface area contributed by atoms with Crippen LogP contribution in [0.15, 0.2) is 65.7 Å². The summed E-state index contributed by atoms with van der Waals surface area (Å²) in [6.07, 6.45) is 3.74. The zero-order valence-electron chi connectivity index (χ0n) is 20.4. The first-order valence-electron chi connectivity index (χ1n) is 12.4. The van der Waals surface area contributed by atoms with Crippen LogP contribution in [0.1, 0.15) is 47.0 Å². The average molecular weight is 534 g/mol. The highest BCUT2D eigenvalue weighted by Crippen LogP contribution is 2.40. The summed E-state index contributed by atoms with van der Waals surface area (Å²) in [7, 11) is 0. The quantitative estimate of drug-likeness (QED) is 0.378. The van der Waals surface area contributed by atoms with E-state index in [0.717, 1.165) is 41.8 Å². The van der Waals surface area contributed by atoms with Crippen LogP contribution in [-0.2, 0) is 27.2 Å². The smallest absolute Gasteiger partial charge is 0.341 e. The van der Waals surface area contributed by atoms with E-state index in [2.05, 4.69) is 5.32 Å². The normalized spacial score (nSPS) is 18.1. The number of rotatable bonds is 7. The summed E-state index contributed by atoms with van der Waals surface area (Å²) in [5.41, 5.74) is 2.89. The van der Waals surface area contributed by atoms with Crippen LogP contribution in [0.5, 0.6) is 0 Å². The maximum Gasteiger partial charge on any atom is 0.341 e. The fourth-order valence-electron chi connectivity index (χ4n) is 4.52. The molecule has 2 heterocycles. The van der Waals surface area contributed by atoms with Crippen molar-refractivity contribution >= 4 is 62.4 Å². The van der Waals surface area contributed by atoms with Gasteiger partial charge in [-0.2, -0.15) is 0 Å². The molecular weight excluding hydrogens is 506 g/mol. The number of amides is 2. The van der Waals surface area contributed by atoms with Crippen molar-refractivity contribution in [3.63, 3.8) is 0 Å². The molecule has 7 nitrogen and oxygen atoms in total. The van der Waals surface area contributed by atoms with Gasteiger partial charge in [0.1, 0.15) is 10.3 Å². The van der Waals surface area contributed by atoms with Gasteiger partial charge in [-0.25, -0.2) is 9.79 Å². The van der Waals surface area contributed by atoms with Crippen LogP contribution < -0.4 is 10.2 Å². The molecule has 2 aliphatic rings. The Kier molecular flexibility index (Phi) is 7.71. The molecule has 0 saturated carbocycles. The molecule has 0 bridgehead atoms. The first-order chi connectivity index (χ1) is 18.0. The molecule has 1 aliphatic carbocycles. The molecule has 9 heteroatoms. The van der Waals surface area contributed by atoms with Gasteiger partial charge in [0.05, 0.1) is 23.5 Å². The summed E-state index contributed by atoms with van der Waals surface area (Å²) in [6.45, 7) is 2.04. The van der Waals surface area contributed by atoms with Crippen molar-refractivity contribution in [2.75, 3.05) is 16.8 Å². The van der Waals surface area contributed by atoms with Crippen molar-refractivity contribution in [1.82, 2.24) is 0 Å². The van der Waals surface area contributed by atoms with E-state index in [1.54, 1.807) is 11.8 Å². The number of amidine groups is 1. The Bertz CT molecular complexity index is 1340. The molecule has 0 spiro atoms. The van der Waals surface area contributed by atoms with Gasteiger partial charge in [-0.3, -0.25) is 14.5 Å². The third kappa shape index (κ3) is 5.47. The minimum atomic E-state index is -0.636. The fraction of sp³-hybridized carbons (Fsp3) is 0.286. The number of anilines is 2. The lowest BCUT2D eigenvalue weighted by Gasteiger charge is -2.16. The maximum atomic E-state index is 13.5. The third-order valence-corrected chi connectivity index (χ3v) is 8.55. The van der Waals surface area contributed by atoms with Crippen LogP contribution in [-0.4, -0.2) is 34.8 Å². The Labute approximate surface area is 223 Å². The van der Waals surface area contributed by atoms with Crippen molar-refractivity contribution in [3.05, 3.63) is 76.7 Å². The molecule has 1 fully saturated rings. The molecule has 1 atom stereocenters. The number of thiophene rings is 1. The summed E-state index contributed by atoms with van der Waals surface area (Å²) < 4.78 is 5.29. The van der Waals surface area contributed by atoms with Crippen LogP contribution in [0.4, 0.5) is 16.4 Å². The van der Waals surface area contributed by atoms with E-state index in [-0.39, 0.29) is 24.8 Å². The minimum Gasteiger partial charge on any atom is -0.462 e. The number of nitrogens with zero attached hydrogens (tertiary/aromatic N) is 2. The number of aryl methyl sites for hydroxylation is 1. The monoisotopic (exact) mass is 533 g/mol. The number of thioether (sulfide) groups is 1. The van der Waals surface area contributed by atoms with E-state index in [1.807, 2.05) is 60.7 Å². The van der Waals surface area contributed by atoms with Gasteiger partial charge in [0, 0.05) is 11.3 Å². The van der Waals surface area contributed by atoms with Gasteiger partial charge in [0.25, 0.3) is 0 Å². The molecular formula is C28H27N3O4S2. The Morgan fingerprint density at radius 3 is 2.49 bits per heavy atom. The number of hydrogen-bond donors (Lipinski definition) is 1. The van der Waals surface area contributed by atoms with Gasteiger partial charge in [0.15, 0.2) is 5.17 Å². The number of fused-ring (bicyclic) bond motifs is 1. The number of esters is 1. The molecule has 37 heavy (non-hydrogen) atoms. The highest BCUT2D eigenvalue weighted by Gasteiger charge is 2.40. The van der Waals surface area contributed by atoms with Gasteiger partial charge in [-0.1, -0.05) is 48.2 Å². The number of carbonyl (C=O) groups excluding carboxylic acids is 3. The predicted octanol–water partition coefficient (Wildman–Crippen LogP) is 5.97. The standard InChI is InChI=1S/C28H27N3O4S2/c1-2-35-27(34)24-20-15-9-10-16-21(20)36-25(24)30-23(32)17-22-26(33)31(19-13-7-4-8-14-19)28(37-22)29-18-11-5-3-6-12-18/h3-8,11-14,22H,2,9-10,15-17H2,1H3,(H,30,32)/t22-/m0/s1. The van der Waals surface area contributed by atoms with Crippen LogP contribution in [0.3, 0.4) is 0 Å². The average Bonchev–Trinajstić information content (AvgIpc) is 3.41. The van der Waals surface area contributed by atoms with E-state index in [9.17, 15) is 14.4 Å². The number of ether oxygens (including phenoxy) is 1. The van der Waals surface area contributed by atoms with E-state index >= 15 is 0 Å². The minimum absolute atomic E-state index is 0.0362. The predicted molar refractivity (Wildman–Crippen MR) is 149 cm³/mol. The Morgan fingerprint density at radius 1 is 1.05 bits per heavy atom. The van der Waals surface area contributed by atoms with E-state index in [1.165, 1.54) is 23.1 Å². The van der Waals surface area contributed by atoms with Gasteiger partial charge >= 0.3 is 5.97 Å². The molecule has 0 radical (unpaired) electrons. The highest BCUT2D eigenvalue weighted by atomic mass is 32.2. The first kappa shape index (κ1) is 25.2. The second-order valence-electron chi connectivity index (χ2n) is 8.73. The van der Waals surface area contributed by atoms with Crippen LogP contribution in [0.25, 0.3) is 0 Å². The summed E-state index contributed by atoms with van der Waals surface area (Å²) in [5, 5.41) is 3.34. The summed E-state index contributed by atoms with van der Waals surface area (Å²) in [4.78, 5) is 46.8. The van der Waals surface area contributed by atoms with Gasteiger partial charge < -0.3 is 10.1 Å². The highest BCUT2D eigenvalue weighted by molar-refractivity contribution is 8.16.